The lowest BCUT2D eigenvalue weighted by molar-refractivity contribution is -0.126. The van der Waals surface area contributed by atoms with Gasteiger partial charge in [0.2, 0.25) is 5.91 Å². The number of nitrogens with one attached hydrogen (secondary N) is 1. The number of carbonyl (C=O) groups excluding carboxylic acids is 2. The predicted molar refractivity (Wildman–Crippen MR) is 110 cm³/mol. The second kappa shape index (κ2) is 9.68. The Morgan fingerprint density at radius 1 is 1.29 bits per heavy atom. The van der Waals surface area contributed by atoms with Gasteiger partial charge in [-0.15, -0.1) is 11.3 Å². The van der Waals surface area contributed by atoms with Gasteiger partial charge in [-0.3, -0.25) is 9.59 Å². The van der Waals surface area contributed by atoms with Gasteiger partial charge in [-0.2, -0.15) is 0 Å². The molecular formula is C21H27N3O3S. The Balaban J connectivity index is 1.47. The third-order valence-corrected chi connectivity index (χ3v) is 5.74. The summed E-state index contributed by atoms with van der Waals surface area (Å²) in [5.74, 6) is 0.631. The number of aryl methyl sites for hydroxylation is 1. The van der Waals surface area contributed by atoms with Crippen LogP contribution in [0.3, 0.4) is 0 Å². The summed E-state index contributed by atoms with van der Waals surface area (Å²) in [4.78, 5) is 31.5. The van der Waals surface area contributed by atoms with E-state index in [-0.39, 0.29) is 17.7 Å². The van der Waals surface area contributed by atoms with Crippen LogP contribution in [0.4, 0.5) is 0 Å². The van der Waals surface area contributed by atoms with Crippen molar-refractivity contribution in [2.45, 2.75) is 33.1 Å². The van der Waals surface area contributed by atoms with Crippen LogP contribution >= 0.6 is 11.3 Å². The van der Waals surface area contributed by atoms with Gasteiger partial charge in [0.15, 0.2) is 0 Å². The number of hydrogen-bond donors (Lipinski definition) is 1. The number of ether oxygens (including phenoxy) is 1. The predicted octanol–water partition coefficient (Wildman–Crippen LogP) is 3.06. The second-order valence-electron chi connectivity index (χ2n) is 6.89. The standard InChI is InChI=1S/C21H27N3O3S/c1-3-27-19-7-5-4-6-18(19)21(26)24-12-9-16(10-13-24)20(25)22-11-8-17-14-28-15(2)23-17/h4-7,14,16H,3,8-13H2,1-2H3,(H,22,25). The van der Waals surface area contributed by atoms with Crippen molar-refractivity contribution >= 4 is 23.2 Å². The highest BCUT2D eigenvalue weighted by Gasteiger charge is 2.28. The van der Waals surface area contributed by atoms with Crippen molar-refractivity contribution in [1.29, 1.82) is 0 Å². The van der Waals surface area contributed by atoms with E-state index in [1.165, 1.54) is 0 Å². The molecule has 0 unspecified atom stereocenters. The maximum atomic E-state index is 12.8. The number of nitrogens with zero attached hydrogens (tertiary/aromatic N) is 2. The fraction of sp³-hybridized carbons (Fsp3) is 0.476. The van der Waals surface area contributed by atoms with Crippen molar-refractivity contribution in [3.05, 3.63) is 45.9 Å². The van der Waals surface area contributed by atoms with Crippen molar-refractivity contribution in [2.24, 2.45) is 5.92 Å². The lowest BCUT2D eigenvalue weighted by atomic mass is 9.95. The van der Waals surface area contributed by atoms with Crippen LogP contribution in [-0.4, -0.2) is 47.9 Å². The van der Waals surface area contributed by atoms with Gasteiger partial charge in [-0.05, 0) is 38.8 Å². The first-order valence-electron chi connectivity index (χ1n) is 9.78. The minimum atomic E-state index is -0.0386. The summed E-state index contributed by atoms with van der Waals surface area (Å²) in [6.07, 6.45) is 2.12. The van der Waals surface area contributed by atoms with E-state index >= 15 is 0 Å². The Kier molecular flexibility index (Phi) is 7.03. The normalized spacial score (nSPS) is 14.7. The number of aromatic nitrogens is 1. The molecule has 0 spiro atoms. The zero-order valence-electron chi connectivity index (χ0n) is 16.4. The lowest BCUT2D eigenvalue weighted by Crippen LogP contribution is -2.43. The molecule has 3 rings (SSSR count). The van der Waals surface area contributed by atoms with Crippen LogP contribution in [0.5, 0.6) is 5.75 Å². The molecule has 1 fully saturated rings. The quantitative estimate of drug-likeness (QED) is 0.774. The van der Waals surface area contributed by atoms with E-state index in [0.717, 1.165) is 17.1 Å². The molecular weight excluding hydrogens is 374 g/mol. The van der Waals surface area contributed by atoms with Crippen molar-refractivity contribution in [1.82, 2.24) is 15.2 Å². The number of likely N-dealkylation sites (tertiary alicyclic amines) is 1. The van der Waals surface area contributed by atoms with Crippen LogP contribution in [0, 0.1) is 12.8 Å². The summed E-state index contributed by atoms with van der Waals surface area (Å²) in [7, 11) is 0. The fourth-order valence-electron chi connectivity index (χ4n) is 3.42. The number of piperidine rings is 1. The molecule has 0 aliphatic carbocycles. The van der Waals surface area contributed by atoms with E-state index in [1.54, 1.807) is 17.4 Å². The molecule has 2 aromatic rings. The largest absolute Gasteiger partial charge is 0.493 e. The number of hydrogen-bond acceptors (Lipinski definition) is 5. The monoisotopic (exact) mass is 401 g/mol. The second-order valence-corrected chi connectivity index (χ2v) is 7.96. The van der Waals surface area contributed by atoms with Crippen LogP contribution in [0.2, 0.25) is 0 Å². The first-order valence-corrected chi connectivity index (χ1v) is 10.7. The summed E-state index contributed by atoms with van der Waals surface area (Å²) < 4.78 is 5.57. The van der Waals surface area contributed by atoms with Crippen molar-refractivity contribution in [3.63, 3.8) is 0 Å². The molecule has 0 saturated carbocycles. The van der Waals surface area contributed by atoms with Crippen molar-refractivity contribution in [2.75, 3.05) is 26.2 Å². The SMILES string of the molecule is CCOc1ccccc1C(=O)N1CCC(C(=O)NCCc2csc(C)n2)CC1. The van der Waals surface area contributed by atoms with E-state index in [0.29, 0.717) is 50.4 Å². The summed E-state index contributed by atoms with van der Waals surface area (Å²) in [5, 5.41) is 6.09. The van der Waals surface area contributed by atoms with Gasteiger partial charge in [0.25, 0.3) is 5.91 Å². The Bertz CT molecular complexity index is 813. The highest BCUT2D eigenvalue weighted by molar-refractivity contribution is 7.09. The van der Waals surface area contributed by atoms with E-state index in [9.17, 15) is 9.59 Å². The minimum absolute atomic E-state index is 0.0261. The molecule has 1 aliphatic heterocycles. The van der Waals surface area contributed by atoms with Gasteiger partial charge in [0, 0.05) is 37.4 Å². The smallest absolute Gasteiger partial charge is 0.257 e. The number of rotatable bonds is 7. The van der Waals surface area contributed by atoms with Gasteiger partial charge in [0.1, 0.15) is 5.75 Å². The summed E-state index contributed by atoms with van der Waals surface area (Å²) in [6, 6.07) is 7.33. The molecule has 0 radical (unpaired) electrons. The van der Waals surface area contributed by atoms with Crippen LogP contribution in [0.15, 0.2) is 29.6 Å². The average molecular weight is 402 g/mol. The zero-order valence-corrected chi connectivity index (χ0v) is 17.3. The number of para-hydroxylation sites is 1. The van der Waals surface area contributed by atoms with Gasteiger partial charge in [-0.25, -0.2) is 4.98 Å². The molecule has 1 N–H and O–H groups in total. The summed E-state index contributed by atoms with van der Waals surface area (Å²) in [5.41, 5.74) is 1.61. The molecule has 0 bridgehead atoms. The maximum absolute atomic E-state index is 12.8. The molecule has 150 valence electrons. The molecule has 0 atom stereocenters. The maximum Gasteiger partial charge on any atom is 0.257 e. The number of carbonyl (C=O) groups is 2. The van der Waals surface area contributed by atoms with E-state index < -0.39 is 0 Å². The molecule has 6 nitrogen and oxygen atoms in total. The topological polar surface area (TPSA) is 71.5 Å². The lowest BCUT2D eigenvalue weighted by Gasteiger charge is -2.31. The average Bonchev–Trinajstić information content (AvgIpc) is 3.13. The van der Waals surface area contributed by atoms with Crippen LogP contribution < -0.4 is 10.1 Å². The third kappa shape index (κ3) is 5.10. The first kappa shape index (κ1) is 20.3. The molecule has 1 saturated heterocycles. The molecule has 1 aliphatic rings. The summed E-state index contributed by atoms with van der Waals surface area (Å²) in [6.45, 7) is 6.18. The van der Waals surface area contributed by atoms with Gasteiger partial charge < -0.3 is 15.0 Å². The zero-order chi connectivity index (χ0) is 19.9. The minimum Gasteiger partial charge on any atom is -0.493 e. The van der Waals surface area contributed by atoms with Crippen molar-refractivity contribution in [3.8, 4) is 5.75 Å². The van der Waals surface area contributed by atoms with Crippen LogP contribution in [-0.2, 0) is 11.2 Å². The molecule has 7 heteroatoms. The van der Waals surface area contributed by atoms with Gasteiger partial charge >= 0.3 is 0 Å². The van der Waals surface area contributed by atoms with E-state index in [2.05, 4.69) is 10.3 Å². The van der Waals surface area contributed by atoms with Crippen molar-refractivity contribution < 1.29 is 14.3 Å². The fourth-order valence-corrected chi connectivity index (χ4v) is 4.07. The summed E-state index contributed by atoms with van der Waals surface area (Å²) >= 11 is 1.63. The Hall–Kier alpha value is -2.41. The van der Waals surface area contributed by atoms with E-state index in [4.69, 9.17) is 4.74 Å². The molecule has 1 aromatic carbocycles. The van der Waals surface area contributed by atoms with Gasteiger partial charge in [-0.1, -0.05) is 12.1 Å². The van der Waals surface area contributed by atoms with Gasteiger partial charge in [0.05, 0.1) is 22.9 Å². The number of amides is 2. The molecule has 2 heterocycles. The Labute approximate surface area is 169 Å². The first-order chi connectivity index (χ1) is 13.6. The Morgan fingerprint density at radius 2 is 2.04 bits per heavy atom. The molecule has 1 aromatic heterocycles. The molecule has 28 heavy (non-hydrogen) atoms. The highest BCUT2D eigenvalue weighted by atomic mass is 32.1. The third-order valence-electron chi connectivity index (χ3n) is 4.92. The Morgan fingerprint density at radius 3 is 2.71 bits per heavy atom. The van der Waals surface area contributed by atoms with E-state index in [1.807, 2.05) is 42.3 Å². The highest BCUT2D eigenvalue weighted by Crippen LogP contribution is 2.24. The van der Waals surface area contributed by atoms with Crippen LogP contribution in [0.25, 0.3) is 0 Å². The van der Waals surface area contributed by atoms with Crippen LogP contribution in [0.1, 0.15) is 40.8 Å². The number of benzene rings is 1. The molecule has 2 amide bonds. The number of thiazole rings is 1.